The first kappa shape index (κ1) is 18.3. The molecule has 8 nitrogen and oxygen atoms in total. The van der Waals surface area contributed by atoms with Gasteiger partial charge in [-0.25, -0.2) is 9.97 Å². The van der Waals surface area contributed by atoms with E-state index in [1.54, 1.807) is 6.07 Å². The van der Waals surface area contributed by atoms with E-state index in [0.29, 0.717) is 30.5 Å². The van der Waals surface area contributed by atoms with Gasteiger partial charge in [0.15, 0.2) is 0 Å². The van der Waals surface area contributed by atoms with Crippen LogP contribution >= 0.6 is 11.6 Å². The fourth-order valence-electron chi connectivity index (χ4n) is 2.98. The van der Waals surface area contributed by atoms with Crippen LogP contribution in [0.25, 0.3) is 0 Å². The number of aromatic nitrogens is 2. The topological polar surface area (TPSA) is 87.4 Å². The number of nitrogens with zero attached hydrogens (tertiary/aromatic N) is 5. The molecule has 0 radical (unpaired) electrons. The van der Waals surface area contributed by atoms with Crippen LogP contribution in [0.4, 0.5) is 17.3 Å². The summed E-state index contributed by atoms with van der Waals surface area (Å²) in [6.45, 7) is 5.36. The van der Waals surface area contributed by atoms with Gasteiger partial charge in [-0.3, -0.25) is 10.1 Å². The summed E-state index contributed by atoms with van der Waals surface area (Å²) in [5, 5.41) is 15.4. The molecule has 0 spiro atoms. The Hall–Kier alpha value is -2.45. The third-order valence-corrected chi connectivity index (χ3v) is 4.93. The van der Waals surface area contributed by atoms with Crippen molar-refractivity contribution in [2.75, 3.05) is 43.4 Å². The van der Waals surface area contributed by atoms with E-state index in [-0.39, 0.29) is 11.5 Å². The van der Waals surface area contributed by atoms with Crippen LogP contribution in [0.15, 0.2) is 24.5 Å². The highest BCUT2D eigenvalue weighted by Gasteiger charge is 2.28. The molecule has 3 rings (SSSR count). The Morgan fingerprint density at radius 1 is 1.27 bits per heavy atom. The van der Waals surface area contributed by atoms with Gasteiger partial charge >= 0.3 is 5.69 Å². The standard InChI is InChI=1S/C17H21ClN6O2/c1-12-4-3-5-14(18)13(12)10-19-16-15(24(25)26)17(21-11-20-16)23-8-6-22(2)7-9-23/h3-5,11H,6-10H2,1-2H3,(H,19,20,21). The average Bonchev–Trinajstić information content (AvgIpc) is 2.61. The minimum absolute atomic E-state index is 0.0956. The SMILES string of the molecule is Cc1cccc(Cl)c1CNc1ncnc(N2CCN(C)CC2)c1[N+](=O)[O-]. The van der Waals surface area contributed by atoms with Crippen LogP contribution in [-0.4, -0.2) is 53.0 Å². The van der Waals surface area contributed by atoms with Gasteiger partial charge in [0.1, 0.15) is 6.33 Å². The summed E-state index contributed by atoms with van der Waals surface area (Å²) < 4.78 is 0. The summed E-state index contributed by atoms with van der Waals surface area (Å²) in [7, 11) is 2.03. The molecule has 9 heteroatoms. The van der Waals surface area contributed by atoms with E-state index in [1.165, 1.54) is 6.33 Å². The number of aryl methyl sites for hydroxylation is 1. The van der Waals surface area contributed by atoms with Crippen LogP contribution in [0.3, 0.4) is 0 Å². The van der Waals surface area contributed by atoms with Gasteiger partial charge in [0, 0.05) is 37.7 Å². The summed E-state index contributed by atoms with van der Waals surface area (Å²) >= 11 is 6.25. The minimum atomic E-state index is -0.421. The molecule has 1 aromatic carbocycles. The molecule has 26 heavy (non-hydrogen) atoms. The number of rotatable bonds is 5. The van der Waals surface area contributed by atoms with Gasteiger partial charge < -0.3 is 15.1 Å². The number of anilines is 2. The van der Waals surface area contributed by atoms with Crippen molar-refractivity contribution in [3.05, 3.63) is 50.8 Å². The summed E-state index contributed by atoms with van der Waals surface area (Å²) in [4.78, 5) is 23.7. The van der Waals surface area contributed by atoms with Crippen molar-refractivity contribution < 1.29 is 4.92 Å². The van der Waals surface area contributed by atoms with Crippen LogP contribution in [-0.2, 0) is 6.54 Å². The third-order valence-electron chi connectivity index (χ3n) is 4.57. The molecule has 1 fully saturated rings. The number of benzene rings is 1. The second kappa shape index (κ2) is 7.84. The summed E-state index contributed by atoms with van der Waals surface area (Å²) in [5.74, 6) is 0.565. The number of halogens is 1. The lowest BCUT2D eigenvalue weighted by atomic mass is 10.1. The first-order valence-corrected chi connectivity index (χ1v) is 8.76. The van der Waals surface area contributed by atoms with Crippen molar-refractivity contribution in [1.29, 1.82) is 0 Å². The third kappa shape index (κ3) is 3.86. The van der Waals surface area contributed by atoms with E-state index in [4.69, 9.17) is 11.6 Å². The molecule has 0 saturated carbocycles. The molecule has 1 aromatic heterocycles. The van der Waals surface area contributed by atoms with Crippen molar-refractivity contribution >= 4 is 28.9 Å². The molecule has 0 bridgehead atoms. The lowest BCUT2D eigenvalue weighted by Gasteiger charge is -2.32. The summed E-state index contributed by atoms with van der Waals surface area (Å²) in [5.41, 5.74) is 1.81. The Kier molecular flexibility index (Phi) is 5.53. The first-order valence-electron chi connectivity index (χ1n) is 8.38. The predicted octanol–water partition coefficient (Wildman–Crippen LogP) is 2.71. The van der Waals surface area contributed by atoms with Crippen molar-refractivity contribution in [2.24, 2.45) is 0 Å². The molecule has 0 aliphatic carbocycles. The molecular formula is C17H21ClN6O2. The molecule has 1 N–H and O–H groups in total. The normalized spacial score (nSPS) is 15.1. The largest absolute Gasteiger partial charge is 0.360 e. The maximum absolute atomic E-state index is 11.7. The van der Waals surface area contributed by atoms with Gasteiger partial charge in [-0.1, -0.05) is 23.7 Å². The Balaban J connectivity index is 1.87. The van der Waals surface area contributed by atoms with Gasteiger partial charge in [0.25, 0.3) is 0 Å². The number of nitro groups is 1. The highest BCUT2D eigenvalue weighted by atomic mass is 35.5. The number of likely N-dealkylation sites (N-methyl/N-ethyl adjacent to an activating group) is 1. The Morgan fingerprint density at radius 2 is 2.00 bits per heavy atom. The summed E-state index contributed by atoms with van der Waals surface area (Å²) in [6.07, 6.45) is 1.36. The lowest BCUT2D eigenvalue weighted by molar-refractivity contribution is -0.383. The van der Waals surface area contributed by atoms with Crippen molar-refractivity contribution in [1.82, 2.24) is 14.9 Å². The molecule has 0 unspecified atom stereocenters. The van der Waals surface area contributed by atoms with Crippen LogP contribution in [0.1, 0.15) is 11.1 Å². The molecule has 1 saturated heterocycles. The molecule has 0 atom stereocenters. The molecule has 2 heterocycles. The van der Waals surface area contributed by atoms with Crippen LogP contribution in [0.5, 0.6) is 0 Å². The maximum atomic E-state index is 11.7. The highest BCUT2D eigenvalue weighted by Crippen LogP contribution is 2.33. The van der Waals surface area contributed by atoms with E-state index >= 15 is 0 Å². The zero-order chi connectivity index (χ0) is 18.7. The summed E-state index contributed by atoms with van der Waals surface area (Å²) in [6, 6.07) is 5.63. The zero-order valence-electron chi connectivity index (χ0n) is 14.8. The van der Waals surface area contributed by atoms with Crippen molar-refractivity contribution in [2.45, 2.75) is 13.5 Å². The predicted molar refractivity (Wildman–Crippen MR) is 102 cm³/mol. The fourth-order valence-corrected chi connectivity index (χ4v) is 3.27. The van der Waals surface area contributed by atoms with Gasteiger partial charge in [-0.05, 0) is 31.2 Å². The Labute approximate surface area is 157 Å². The van der Waals surface area contributed by atoms with E-state index in [1.807, 2.05) is 31.0 Å². The smallest absolute Gasteiger partial charge is 0.353 e. The molecule has 138 valence electrons. The quantitative estimate of drug-likeness (QED) is 0.634. The number of nitrogens with one attached hydrogen (secondary N) is 1. The van der Waals surface area contributed by atoms with E-state index in [0.717, 1.165) is 24.2 Å². The molecular weight excluding hydrogens is 356 g/mol. The van der Waals surface area contributed by atoms with Crippen LogP contribution in [0, 0.1) is 17.0 Å². The van der Waals surface area contributed by atoms with E-state index in [9.17, 15) is 10.1 Å². The van der Waals surface area contributed by atoms with Crippen LogP contribution < -0.4 is 10.2 Å². The van der Waals surface area contributed by atoms with Gasteiger partial charge in [-0.2, -0.15) is 0 Å². The number of hydrogen-bond acceptors (Lipinski definition) is 7. The maximum Gasteiger partial charge on any atom is 0.353 e. The molecule has 0 amide bonds. The molecule has 1 aliphatic rings. The monoisotopic (exact) mass is 376 g/mol. The Bertz CT molecular complexity index is 788. The fraction of sp³-hybridized carbons (Fsp3) is 0.412. The average molecular weight is 377 g/mol. The van der Waals surface area contributed by atoms with Crippen molar-refractivity contribution in [3.63, 3.8) is 0 Å². The first-order chi connectivity index (χ1) is 12.5. The molecule has 1 aliphatic heterocycles. The number of hydrogen-bond donors (Lipinski definition) is 1. The zero-order valence-corrected chi connectivity index (χ0v) is 15.5. The second-order valence-electron chi connectivity index (χ2n) is 6.33. The lowest BCUT2D eigenvalue weighted by Crippen LogP contribution is -2.45. The number of piperazine rings is 1. The Morgan fingerprint density at radius 3 is 2.65 bits per heavy atom. The minimum Gasteiger partial charge on any atom is -0.360 e. The highest BCUT2D eigenvalue weighted by molar-refractivity contribution is 6.31. The van der Waals surface area contributed by atoms with Crippen LogP contribution in [0.2, 0.25) is 5.02 Å². The molecule has 2 aromatic rings. The van der Waals surface area contributed by atoms with Gasteiger partial charge in [-0.15, -0.1) is 0 Å². The second-order valence-corrected chi connectivity index (χ2v) is 6.74. The van der Waals surface area contributed by atoms with Crippen molar-refractivity contribution in [3.8, 4) is 0 Å². The van der Waals surface area contributed by atoms with E-state index in [2.05, 4.69) is 20.2 Å². The van der Waals surface area contributed by atoms with E-state index < -0.39 is 4.92 Å². The van der Waals surface area contributed by atoms with Gasteiger partial charge in [0.05, 0.1) is 4.92 Å². The van der Waals surface area contributed by atoms with Gasteiger partial charge in [0.2, 0.25) is 11.6 Å².